The molecule has 2 N–H and O–H groups in total. The Morgan fingerprint density at radius 1 is 1.03 bits per heavy atom. The van der Waals surface area contributed by atoms with Crippen molar-refractivity contribution in [1.82, 2.24) is 5.32 Å². The van der Waals surface area contributed by atoms with Gasteiger partial charge in [0.25, 0.3) is 0 Å². The van der Waals surface area contributed by atoms with Gasteiger partial charge in [-0.15, -0.1) is 0 Å². The molecule has 0 unspecified atom stereocenters. The van der Waals surface area contributed by atoms with E-state index in [1.54, 1.807) is 20.8 Å². The average molecular weight is 466 g/mol. The van der Waals surface area contributed by atoms with Crippen LogP contribution in [0.1, 0.15) is 42.3 Å². The molecule has 0 aliphatic heterocycles. The molecule has 0 radical (unpaired) electrons. The highest BCUT2D eigenvalue weighted by atomic mass is 19.4. The van der Waals surface area contributed by atoms with Gasteiger partial charge in [-0.1, -0.05) is 11.8 Å². The van der Waals surface area contributed by atoms with E-state index in [-0.39, 0.29) is 29.0 Å². The van der Waals surface area contributed by atoms with Gasteiger partial charge in [-0.3, -0.25) is 0 Å². The lowest BCUT2D eigenvalue weighted by molar-refractivity contribution is -0.137. The van der Waals surface area contributed by atoms with Crippen LogP contribution in [0.5, 0.6) is 0 Å². The summed E-state index contributed by atoms with van der Waals surface area (Å²) < 4.78 is 62.6. The maximum absolute atomic E-state index is 13.8. The van der Waals surface area contributed by atoms with E-state index in [0.717, 1.165) is 31.4 Å². The minimum absolute atomic E-state index is 0.0105. The molecule has 0 atom stereocenters. The average Bonchev–Trinajstić information content (AvgIpc) is 2.70. The maximum atomic E-state index is 13.8. The molecule has 0 aliphatic rings. The Labute approximate surface area is 188 Å². The number of halogens is 4. The summed E-state index contributed by atoms with van der Waals surface area (Å²) in [7, 11) is 1.04. The summed E-state index contributed by atoms with van der Waals surface area (Å²) in [5.74, 6) is 3.72. The van der Waals surface area contributed by atoms with Crippen LogP contribution >= 0.6 is 0 Å². The van der Waals surface area contributed by atoms with Gasteiger partial charge >= 0.3 is 18.2 Å². The number of carbonyl (C=O) groups excluding carboxylic acids is 2. The first-order valence-electron chi connectivity index (χ1n) is 9.62. The van der Waals surface area contributed by atoms with E-state index in [2.05, 4.69) is 27.2 Å². The molecule has 1 amide bonds. The summed E-state index contributed by atoms with van der Waals surface area (Å²) >= 11 is 0. The van der Waals surface area contributed by atoms with Gasteiger partial charge in [0.15, 0.2) is 0 Å². The van der Waals surface area contributed by atoms with E-state index >= 15 is 0 Å². The van der Waals surface area contributed by atoms with Crippen molar-refractivity contribution in [2.24, 2.45) is 0 Å². The SMILES string of the molecule is COC(=O)c1cc(C(F)(F)F)ccc1Nc1ccc(F)cc1C#CCNC(=O)OC(C)(C)C. The fraction of sp³-hybridized carbons (Fsp3) is 0.304. The topological polar surface area (TPSA) is 76.7 Å². The molecule has 0 bridgehead atoms. The lowest BCUT2D eigenvalue weighted by Gasteiger charge is -2.19. The number of rotatable bonds is 4. The number of ether oxygens (including phenoxy) is 2. The number of methoxy groups -OCH3 is 1. The molecule has 0 spiro atoms. The number of nitrogens with one attached hydrogen (secondary N) is 2. The third-order valence-electron chi connectivity index (χ3n) is 3.95. The molecule has 6 nitrogen and oxygen atoms in total. The third kappa shape index (κ3) is 7.71. The molecule has 0 saturated heterocycles. The summed E-state index contributed by atoms with van der Waals surface area (Å²) in [6, 6.07) is 6.07. The highest BCUT2D eigenvalue weighted by Gasteiger charge is 2.32. The summed E-state index contributed by atoms with van der Waals surface area (Å²) in [6.07, 6.45) is -5.34. The van der Waals surface area contributed by atoms with Crippen molar-refractivity contribution >= 4 is 23.4 Å². The van der Waals surface area contributed by atoms with Gasteiger partial charge in [0.05, 0.1) is 41.7 Å². The van der Waals surface area contributed by atoms with E-state index < -0.39 is 35.2 Å². The van der Waals surface area contributed by atoms with Gasteiger partial charge in [0.2, 0.25) is 0 Å². The summed E-state index contributed by atoms with van der Waals surface area (Å²) in [4.78, 5) is 23.7. The number of hydrogen-bond donors (Lipinski definition) is 2. The highest BCUT2D eigenvalue weighted by Crippen LogP contribution is 2.33. The van der Waals surface area contributed by atoms with Crippen LogP contribution in [0.4, 0.5) is 33.7 Å². The van der Waals surface area contributed by atoms with E-state index in [4.69, 9.17) is 4.74 Å². The predicted octanol–water partition coefficient (Wildman–Crippen LogP) is 5.25. The van der Waals surface area contributed by atoms with E-state index in [1.807, 2.05) is 0 Å². The van der Waals surface area contributed by atoms with Crippen molar-refractivity contribution in [3.63, 3.8) is 0 Å². The Kier molecular flexibility index (Phi) is 7.93. The largest absolute Gasteiger partial charge is 0.465 e. The van der Waals surface area contributed by atoms with Crippen LogP contribution in [-0.2, 0) is 15.7 Å². The van der Waals surface area contributed by atoms with Crippen LogP contribution in [0, 0.1) is 17.7 Å². The van der Waals surface area contributed by atoms with Crippen LogP contribution in [-0.4, -0.2) is 31.3 Å². The van der Waals surface area contributed by atoms with Crippen molar-refractivity contribution in [2.45, 2.75) is 32.5 Å². The quantitative estimate of drug-likeness (QED) is 0.366. The molecule has 2 aromatic carbocycles. The van der Waals surface area contributed by atoms with Gasteiger partial charge in [-0.25, -0.2) is 14.0 Å². The van der Waals surface area contributed by atoms with E-state index in [9.17, 15) is 27.2 Å². The molecular weight excluding hydrogens is 444 g/mol. The lowest BCUT2D eigenvalue weighted by atomic mass is 10.1. The molecule has 0 aliphatic carbocycles. The Morgan fingerprint density at radius 3 is 2.30 bits per heavy atom. The second kappa shape index (κ2) is 10.3. The van der Waals surface area contributed by atoms with Crippen molar-refractivity contribution in [1.29, 1.82) is 0 Å². The molecule has 176 valence electrons. The first kappa shape index (κ1) is 25.5. The Bertz CT molecular complexity index is 1100. The third-order valence-corrected chi connectivity index (χ3v) is 3.95. The number of esters is 1. The van der Waals surface area contributed by atoms with Crippen LogP contribution in [0.25, 0.3) is 0 Å². The fourth-order valence-corrected chi connectivity index (χ4v) is 2.55. The molecule has 2 aromatic rings. The van der Waals surface area contributed by atoms with Crippen molar-refractivity contribution in [3.8, 4) is 11.8 Å². The zero-order valence-corrected chi connectivity index (χ0v) is 18.3. The summed E-state index contributed by atoms with van der Waals surface area (Å²) in [5.41, 5.74) is -1.68. The Morgan fingerprint density at radius 2 is 1.70 bits per heavy atom. The molecule has 0 heterocycles. The number of anilines is 2. The Hall–Kier alpha value is -3.74. The van der Waals surface area contributed by atoms with Gasteiger partial charge in [-0.2, -0.15) is 13.2 Å². The number of hydrogen-bond acceptors (Lipinski definition) is 5. The number of alkyl halides is 3. The van der Waals surface area contributed by atoms with Gasteiger partial charge in [0, 0.05) is 0 Å². The maximum Gasteiger partial charge on any atom is 0.416 e. The van der Waals surface area contributed by atoms with Crippen molar-refractivity contribution in [2.75, 3.05) is 19.0 Å². The van der Waals surface area contributed by atoms with E-state index in [1.165, 1.54) is 6.07 Å². The minimum atomic E-state index is -4.66. The number of carbonyl (C=O) groups is 2. The first-order valence-corrected chi connectivity index (χ1v) is 9.62. The molecule has 2 rings (SSSR count). The molecule has 0 fully saturated rings. The van der Waals surface area contributed by atoms with Crippen molar-refractivity contribution in [3.05, 3.63) is 58.9 Å². The second-order valence-corrected chi connectivity index (χ2v) is 7.72. The predicted molar refractivity (Wildman–Crippen MR) is 114 cm³/mol. The molecule has 0 saturated carbocycles. The zero-order valence-electron chi connectivity index (χ0n) is 18.3. The van der Waals surface area contributed by atoms with Crippen molar-refractivity contribution < 1.29 is 36.6 Å². The molecule has 10 heteroatoms. The van der Waals surface area contributed by atoms with Gasteiger partial charge in [-0.05, 0) is 57.2 Å². The Balaban J connectivity index is 2.30. The summed E-state index contributed by atoms with van der Waals surface area (Å²) in [5, 5.41) is 5.22. The second-order valence-electron chi connectivity index (χ2n) is 7.72. The smallest absolute Gasteiger partial charge is 0.416 e. The van der Waals surface area contributed by atoms with Gasteiger partial charge in [0.1, 0.15) is 11.4 Å². The fourth-order valence-electron chi connectivity index (χ4n) is 2.55. The minimum Gasteiger partial charge on any atom is -0.465 e. The van der Waals surface area contributed by atoms with Crippen LogP contribution < -0.4 is 10.6 Å². The zero-order chi connectivity index (χ0) is 24.8. The van der Waals surface area contributed by atoms with Gasteiger partial charge < -0.3 is 20.1 Å². The normalized spacial score (nSPS) is 11.2. The molecule has 0 aromatic heterocycles. The lowest BCUT2D eigenvalue weighted by Crippen LogP contribution is -2.32. The van der Waals surface area contributed by atoms with E-state index in [0.29, 0.717) is 6.07 Å². The number of amides is 1. The first-order chi connectivity index (χ1) is 15.3. The number of alkyl carbamates (subject to hydrolysis) is 1. The van der Waals surface area contributed by atoms with Crippen LogP contribution in [0.15, 0.2) is 36.4 Å². The monoisotopic (exact) mass is 466 g/mol. The highest BCUT2D eigenvalue weighted by molar-refractivity contribution is 5.97. The van der Waals surface area contributed by atoms with Crippen LogP contribution in [0.2, 0.25) is 0 Å². The molecular formula is C23H22F4N2O4. The standard InChI is InChI=1S/C23H22F4N2O4/c1-22(2,3)33-21(31)28-11-5-6-14-12-16(24)8-10-18(14)29-19-9-7-15(23(25,26)27)13-17(19)20(30)32-4/h7-10,12-13,29H,11H2,1-4H3,(H,28,31). The van der Waals surface area contributed by atoms with Crippen LogP contribution in [0.3, 0.4) is 0 Å². The molecule has 33 heavy (non-hydrogen) atoms. The number of benzene rings is 2. The summed E-state index contributed by atoms with van der Waals surface area (Å²) in [6.45, 7) is 5.00.